The Kier molecular flexibility index (Phi) is 5.92. The van der Waals surface area contributed by atoms with Crippen molar-refractivity contribution in [3.8, 4) is 11.5 Å². The molecule has 1 aliphatic heterocycles. The van der Waals surface area contributed by atoms with E-state index in [2.05, 4.69) is 21.2 Å². The van der Waals surface area contributed by atoms with Crippen molar-refractivity contribution >= 4 is 21.9 Å². The van der Waals surface area contributed by atoms with Gasteiger partial charge in [-0.05, 0) is 67.8 Å². The van der Waals surface area contributed by atoms with Gasteiger partial charge in [-0.15, -0.1) is 0 Å². The lowest BCUT2D eigenvalue weighted by Gasteiger charge is -2.36. The lowest BCUT2D eigenvalue weighted by molar-refractivity contribution is -0.0369. The number of carbonyl (C=O) groups is 1. The number of methoxy groups -OCH3 is 2. The van der Waals surface area contributed by atoms with E-state index >= 15 is 0 Å². The van der Waals surface area contributed by atoms with E-state index in [1.807, 2.05) is 13.8 Å². The number of hydrogen-bond acceptors (Lipinski definition) is 5. The van der Waals surface area contributed by atoms with Gasteiger partial charge in [0.2, 0.25) is 0 Å². The molecule has 23 heavy (non-hydrogen) atoms. The maximum Gasteiger partial charge on any atom is 0.339 e. The van der Waals surface area contributed by atoms with Gasteiger partial charge in [-0.1, -0.05) is 0 Å². The number of rotatable bonds is 5. The third-order valence-corrected chi connectivity index (χ3v) is 5.03. The molecule has 0 aromatic heterocycles. The quantitative estimate of drug-likeness (QED) is 0.787. The molecule has 1 N–H and O–H groups in total. The minimum absolute atomic E-state index is 0.353. The predicted octanol–water partition coefficient (Wildman–Crippen LogP) is 3.40. The van der Waals surface area contributed by atoms with Crippen LogP contribution in [0, 0.1) is 5.92 Å². The maximum atomic E-state index is 12.6. The van der Waals surface area contributed by atoms with Crippen LogP contribution in [0.3, 0.4) is 0 Å². The number of halogens is 1. The minimum Gasteiger partial charge on any atom is -0.493 e. The summed E-state index contributed by atoms with van der Waals surface area (Å²) in [6, 6.07) is 3.36. The maximum absolute atomic E-state index is 12.6. The molecule has 1 fully saturated rings. The first-order chi connectivity index (χ1) is 10.9. The van der Waals surface area contributed by atoms with Crippen molar-refractivity contribution in [2.45, 2.75) is 32.3 Å². The van der Waals surface area contributed by atoms with Crippen molar-refractivity contribution in [3.05, 3.63) is 22.2 Å². The molecule has 1 aromatic rings. The van der Waals surface area contributed by atoms with Crippen LogP contribution in [-0.4, -0.2) is 38.9 Å². The van der Waals surface area contributed by atoms with Crippen molar-refractivity contribution < 1.29 is 19.0 Å². The lowest BCUT2D eigenvalue weighted by Crippen LogP contribution is -2.42. The van der Waals surface area contributed by atoms with E-state index < -0.39 is 5.60 Å². The van der Waals surface area contributed by atoms with Gasteiger partial charge in [-0.3, -0.25) is 0 Å². The van der Waals surface area contributed by atoms with Crippen molar-refractivity contribution in [3.63, 3.8) is 0 Å². The third kappa shape index (κ3) is 4.18. The molecule has 0 atom stereocenters. The molecule has 1 aromatic carbocycles. The van der Waals surface area contributed by atoms with Crippen molar-refractivity contribution in [2.24, 2.45) is 5.92 Å². The Labute approximate surface area is 145 Å². The molecule has 2 rings (SSSR count). The topological polar surface area (TPSA) is 56.8 Å². The zero-order chi connectivity index (χ0) is 17.0. The first kappa shape index (κ1) is 18.1. The van der Waals surface area contributed by atoms with Gasteiger partial charge in [-0.2, -0.15) is 0 Å². The Morgan fingerprint density at radius 3 is 2.30 bits per heavy atom. The molecule has 1 aliphatic rings. The summed E-state index contributed by atoms with van der Waals surface area (Å²) in [4.78, 5) is 12.6. The highest BCUT2D eigenvalue weighted by atomic mass is 79.9. The number of esters is 1. The zero-order valence-corrected chi connectivity index (χ0v) is 15.7. The summed E-state index contributed by atoms with van der Waals surface area (Å²) in [6.45, 7) is 5.89. The number of carbonyl (C=O) groups excluding carboxylic acids is 1. The molecule has 0 aliphatic carbocycles. The molecule has 0 radical (unpaired) electrons. The summed E-state index contributed by atoms with van der Waals surface area (Å²) in [5.41, 5.74) is -0.0733. The average Bonchev–Trinajstić information content (AvgIpc) is 2.54. The van der Waals surface area contributed by atoms with Crippen LogP contribution in [0.4, 0.5) is 0 Å². The van der Waals surface area contributed by atoms with Gasteiger partial charge in [0.15, 0.2) is 11.5 Å². The van der Waals surface area contributed by atoms with E-state index in [-0.39, 0.29) is 5.97 Å². The van der Waals surface area contributed by atoms with Crippen LogP contribution in [0.5, 0.6) is 11.5 Å². The van der Waals surface area contributed by atoms with Crippen LogP contribution >= 0.6 is 15.9 Å². The van der Waals surface area contributed by atoms with Crippen molar-refractivity contribution in [1.29, 1.82) is 0 Å². The van der Waals surface area contributed by atoms with Gasteiger partial charge >= 0.3 is 5.97 Å². The zero-order valence-electron chi connectivity index (χ0n) is 14.1. The number of nitrogens with one attached hydrogen (secondary N) is 1. The Morgan fingerprint density at radius 2 is 1.74 bits per heavy atom. The van der Waals surface area contributed by atoms with E-state index in [0.29, 0.717) is 27.5 Å². The van der Waals surface area contributed by atoms with Crippen LogP contribution in [-0.2, 0) is 4.74 Å². The van der Waals surface area contributed by atoms with E-state index in [1.54, 1.807) is 26.4 Å². The highest BCUT2D eigenvalue weighted by Gasteiger charge is 2.35. The summed E-state index contributed by atoms with van der Waals surface area (Å²) >= 11 is 3.41. The molecule has 0 bridgehead atoms. The molecule has 128 valence electrons. The largest absolute Gasteiger partial charge is 0.493 e. The van der Waals surface area contributed by atoms with E-state index in [1.165, 1.54) is 0 Å². The summed E-state index contributed by atoms with van der Waals surface area (Å²) < 4.78 is 17.0. The first-order valence-electron chi connectivity index (χ1n) is 7.74. The van der Waals surface area contributed by atoms with Gasteiger partial charge in [-0.25, -0.2) is 4.79 Å². The Morgan fingerprint density at radius 1 is 1.17 bits per heavy atom. The average molecular weight is 386 g/mol. The number of piperidine rings is 1. The second kappa shape index (κ2) is 7.53. The molecular formula is C17H24BrNO4. The molecule has 0 saturated carbocycles. The van der Waals surface area contributed by atoms with Crippen LogP contribution in [0.15, 0.2) is 16.6 Å². The monoisotopic (exact) mass is 385 g/mol. The number of hydrogen-bond donors (Lipinski definition) is 1. The van der Waals surface area contributed by atoms with Crippen molar-refractivity contribution in [1.82, 2.24) is 5.32 Å². The molecule has 0 spiro atoms. The molecule has 1 saturated heterocycles. The Bertz CT molecular complexity index is 568. The molecule has 6 heteroatoms. The second-order valence-corrected chi connectivity index (χ2v) is 7.06. The van der Waals surface area contributed by atoms with Gasteiger partial charge < -0.3 is 19.5 Å². The van der Waals surface area contributed by atoms with Gasteiger partial charge in [0.05, 0.1) is 19.8 Å². The number of benzene rings is 1. The highest BCUT2D eigenvalue weighted by molar-refractivity contribution is 9.10. The lowest BCUT2D eigenvalue weighted by atomic mass is 9.83. The normalized spacial score (nSPS) is 16.0. The molecule has 5 nitrogen and oxygen atoms in total. The summed E-state index contributed by atoms with van der Waals surface area (Å²) in [5, 5.41) is 3.33. The third-order valence-electron chi connectivity index (χ3n) is 4.37. The highest BCUT2D eigenvalue weighted by Crippen LogP contribution is 2.35. The summed E-state index contributed by atoms with van der Waals surface area (Å²) in [6.07, 6.45) is 2.01. The van der Waals surface area contributed by atoms with E-state index in [9.17, 15) is 4.79 Å². The van der Waals surface area contributed by atoms with Crippen LogP contribution < -0.4 is 14.8 Å². The van der Waals surface area contributed by atoms with E-state index in [0.717, 1.165) is 25.9 Å². The Balaban J connectivity index is 2.19. The fourth-order valence-corrected chi connectivity index (χ4v) is 3.39. The first-order valence-corrected chi connectivity index (χ1v) is 8.54. The van der Waals surface area contributed by atoms with Crippen LogP contribution in [0.2, 0.25) is 0 Å². The smallest absolute Gasteiger partial charge is 0.339 e. The van der Waals surface area contributed by atoms with Gasteiger partial charge in [0.1, 0.15) is 5.60 Å². The standard InChI is InChI=1S/C17H24BrNO4/c1-17(2,11-5-7-19-8-6-11)23-16(20)12-9-14(21-3)15(22-4)10-13(12)18/h9-11,19H,5-8H2,1-4H3. The SMILES string of the molecule is COc1cc(Br)c(C(=O)OC(C)(C)C2CCNCC2)cc1OC. The van der Waals surface area contributed by atoms with Gasteiger partial charge in [0, 0.05) is 10.4 Å². The second-order valence-electron chi connectivity index (χ2n) is 6.20. The fraction of sp³-hybridized carbons (Fsp3) is 0.588. The fourth-order valence-electron chi connectivity index (χ4n) is 2.90. The minimum atomic E-state index is -0.508. The summed E-state index contributed by atoms with van der Waals surface area (Å²) in [5.74, 6) is 1.06. The molecule has 1 heterocycles. The van der Waals surface area contributed by atoms with Crippen molar-refractivity contribution in [2.75, 3.05) is 27.3 Å². The molecule has 0 unspecified atom stereocenters. The summed E-state index contributed by atoms with van der Waals surface area (Å²) in [7, 11) is 3.10. The molecule has 0 amide bonds. The van der Waals surface area contributed by atoms with E-state index in [4.69, 9.17) is 14.2 Å². The van der Waals surface area contributed by atoms with Crippen LogP contribution in [0.1, 0.15) is 37.0 Å². The number of ether oxygens (including phenoxy) is 3. The van der Waals surface area contributed by atoms with Gasteiger partial charge in [0.25, 0.3) is 0 Å². The Hall–Kier alpha value is -1.27. The predicted molar refractivity (Wildman–Crippen MR) is 92.3 cm³/mol. The molecular weight excluding hydrogens is 362 g/mol. The van der Waals surface area contributed by atoms with Crippen LogP contribution in [0.25, 0.3) is 0 Å².